The van der Waals surface area contributed by atoms with E-state index >= 15 is 0 Å². The molecule has 3 heteroatoms. The van der Waals surface area contributed by atoms with Crippen LogP contribution < -0.4 is 5.32 Å². The molecule has 1 fully saturated rings. The van der Waals surface area contributed by atoms with Gasteiger partial charge in [0.15, 0.2) is 0 Å². The molecule has 0 aromatic carbocycles. The van der Waals surface area contributed by atoms with E-state index in [1.165, 1.54) is 30.5 Å². The molecule has 0 radical (unpaired) electrons. The summed E-state index contributed by atoms with van der Waals surface area (Å²) in [5.41, 5.74) is 3.05. The third-order valence-corrected chi connectivity index (χ3v) is 4.89. The molecular weight excluding hydrogens is 222 g/mol. The predicted octanol–water partition coefficient (Wildman–Crippen LogP) is 3.00. The van der Waals surface area contributed by atoms with Crippen molar-refractivity contribution in [3.63, 3.8) is 0 Å². The first-order valence-electron chi connectivity index (χ1n) is 7.26. The summed E-state index contributed by atoms with van der Waals surface area (Å²) < 4.78 is 1.95. The van der Waals surface area contributed by atoms with E-state index in [-0.39, 0.29) is 0 Å². The average molecular weight is 249 g/mol. The van der Waals surface area contributed by atoms with Gasteiger partial charge in [-0.25, -0.2) is 0 Å². The number of rotatable bonds is 5. The summed E-state index contributed by atoms with van der Waals surface area (Å²) in [6, 6.07) is 0.673. The number of nitrogens with zero attached hydrogens (tertiary/aromatic N) is 2. The summed E-state index contributed by atoms with van der Waals surface area (Å²) in [6.07, 6.45) is 5.92. The third kappa shape index (κ3) is 2.09. The maximum Gasteiger partial charge on any atom is 0.0628 e. The molecule has 1 aromatic heterocycles. The molecule has 1 aliphatic rings. The van der Waals surface area contributed by atoms with Gasteiger partial charge in [-0.15, -0.1) is 0 Å². The monoisotopic (exact) mass is 249 g/mol. The van der Waals surface area contributed by atoms with Crippen molar-refractivity contribution < 1.29 is 0 Å². The van der Waals surface area contributed by atoms with Gasteiger partial charge in [-0.3, -0.25) is 4.68 Å². The smallest absolute Gasteiger partial charge is 0.0628 e. The van der Waals surface area contributed by atoms with Crippen LogP contribution in [0.3, 0.4) is 0 Å². The lowest BCUT2D eigenvalue weighted by Crippen LogP contribution is -2.56. The molecule has 0 aliphatic heterocycles. The second kappa shape index (κ2) is 5.04. The Morgan fingerprint density at radius 3 is 2.72 bits per heavy atom. The molecule has 2 rings (SSSR count). The predicted molar refractivity (Wildman–Crippen MR) is 75.8 cm³/mol. The molecule has 0 spiro atoms. The molecule has 0 saturated heterocycles. The molecule has 1 heterocycles. The molecule has 1 aliphatic carbocycles. The maximum absolute atomic E-state index is 4.50. The first-order valence-corrected chi connectivity index (χ1v) is 7.26. The fraction of sp³-hybridized carbons (Fsp3) is 0.800. The molecule has 1 saturated carbocycles. The Hall–Kier alpha value is -0.830. The Bertz CT molecular complexity index is 410. The highest BCUT2D eigenvalue weighted by Crippen LogP contribution is 2.55. The lowest BCUT2D eigenvalue weighted by atomic mass is 9.54. The van der Waals surface area contributed by atoms with E-state index in [0.717, 1.165) is 6.54 Å². The second-order valence-corrected chi connectivity index (χ2v) is 6.00. The maximum atomic E-state index is 4.50. The van der Waals surface area contributed by atoms with Gasteiger partial charge in [0.25, 0.3) is 0 Å². The zero-order valence-electron chi connectivity index (χ0n) is 12.5. The lowest BCUT2D eigenvalue weighted by Gasteiger charge is -2.54. The van der Waals surface area contributed by atoms with E-state index < -0.39 is 0 Å². The van der Waals surface area contributed by atoms with Gasteiger partial charge in [0.05, 0.1) is 5.69 Å². The highest BCUT2D eigenvalue weighted by atomic mass is 15.2. The molecule has 1 N–H and O–H groups in total. The number of aryl methyl sites for hydroxylation is 2. The summed E-state index contributed by atoms with van der Waals surface area (Å²) >= 11 is 0. The normalized spacial score (nSPS) is 31.4. The summed E-state index contributed by atoms with van der Waals surface area (Å²) in [7, 11) is 2.02. The quantitative estimate of drug-likeness (QED) is 0.869. The summed E-state index contributed by atoms with van der Waals surface area (Å²) in [5, 5.41) is 8.21. The van der Waals surface area contributed by atoms with E-state index in [9.17, 15) is 0 Å². The topological polar surface area (TPSA) is 29.9 Å². The number of hydrogen-bond acceptors (Lipinski definition) is 2. The minimum atomic E-state index is 0.392. The SMILES string of the molecule is CCCNC1CC(c2cn(C)nc2C)C1(C)CC. The van der Waals surface area contributed by atoms with Gasteiger partial charge in [0, 0.05) is 19.3 Å². The molecular formula is C15H27N3. The Balaban J connectivity index is 2.14. The Kier molecular flexibility index (Phi) is 3.81. The zero-order valence-corrected chi connectivity index (χ0v) is 12.5. The molecule has 3 atom stereocenters. The van der Waals surface area contributed by atoms with Crippen LogP contribution in [0.2, 0.25) is 0 Å². The van der Waals surface area contributed by atoms with Crippen molar-refractivity contribution in [1.82, 2.24) is 15.1 Å². The summed E-state index contributed by atoms with van der Waals surface area (Å²) in [5.74, 6) is 0.672. The largest absolute Gasteiger partial charge is 0.313 e. The van der Waals surface area contributed by atoms with Gasteiger partial charge in [-0.2, -0.15) is 5.10 Å². The van der Waals surface area contributed by atoms with E-state index in [2.05, 4.69) is 44.3 Å². The Morgan fingerprint density at radius 2 is 2.22 bits per heavy atom. The van der Waals surface area contributed by atoms with Crippen molar-refractivity contribution in [2.45, 2.75) is 58.9 Å². The van der Waals surface area contributed by atoms with E-state index in [4.69, 9.17) is 0 Å². The number of nitrogens with one attached hydrogen (secondary N) is 1. The van der Waals surface area contributed by atoms with Gasteiger partial charge in [0.1, 0.15) is 0 Å². The Morgan fingerprint density at radius 1 is 1.50 bits per heavy atom. The first kappa shape index (κ1) is 13.6. The van der Waals surface area contributed by atoms with Crippen molar-refractivity contribution in [1.29, 1.82) is 0 Å². The second-order valence-electron chi connectivity index (χ2n) is 6.00. The van der Waals surface area contributed by atoms with Crippen LogP contribution in [0.15, 0.2) is 6.20 Å². The highest BCUT2D eigenvalue weighted by molar-refractivity contribution is 5.29. The molecule has 0 amide bonds. The van der Waals surface area contributed by atoms with Gasteiger partial charge in [0.2, 0.25) is 0 Å². The molecule has 3 unspecified atom stereocenters. The van der Waals surface area contributed by atoms with Crippen LogP contribution >= 0.6 is 0 Å². The number of aromatic nitrogens is 2. The van der Waals surface area contributed by atoms with E-state index in [1.54, 1.807) is 0 Å². The van der Waals surface area contributed by atoms with Crippen LogP contribution in [0.1, 0.15) is 57.2 Å². The van der Waals surface area contributed by atoms with Crippen molar-refractivity contribution in [3.05, 3.63) is 17.5 Å². The van der Waals surface area contributed by atoms with Crippen LogP contribution in [0, 0.1) is 12.3 Å². The van der Waals surface area contributed by atoms with Crippen molar-refractivity contribution in [2.24, 2.45) is 12.5 Å². The van der Waals surface area contributed by atoms with Crippen LogP contribution in [0.5, 0.6) is 0 Å². The van der Waals surface area contributed by atoms with Crippen LogP contribution in [0.4, 0.5) is 0 Å². The molecule has 0 bridgehead atoms. The fourth-order valence-electron chi connectivity index (χ4n) is 3.43. The molecule has 3 nitrogen and oxygen atoms in total. The first-order chi connectivity index (χ1) is 8.52. The van der Waals surface area contributed by atoms with Crippen LogP contribution in [-0.4, -0.2) is 22.4 Å². The van der Waals surface area contributed by atoms with Crippen molar-refractivity contribution in [3.8, 4) is 0 Å². The van der Waals surface area contributed by atoms with Gasteiger partial charge >= 0.3 is 0 Å². The lowest BCUT2D eigenvalue weighted by molar-refractivity contribution is 0.0441. The highest BCUT2D eigenvalue weighted by Gasteiger charge is 2.51. The average Bonchev–Trinajstić information content (AvgIpc) is 2.66. The van der Waals surface area contributed by atoms with Gasteiger partial charge < -0.3 is 5.32 Å². The van der Waals surface area contributed by atoms with E-state index in [0.29, 0.717) is 17.4 Å². The Labute approximate surface area is 111 Å². The fourth-order valence-corrected chi connectivity index (χ4v) is 3.43. The molecule has 1 aromatic rings. The molecule has 102 valence electrons. The zero-order chi connectivity index (χ0) is 13.3. The van der Waals surface area contributed by atoms with Crippen molar-refractivity contribution in [2.75, 3.05) is 6.54 Å². The number of hydrogen-bond donors (Lipinski definition) is 1. The molecule has 18 heavy (non-hydrogen) atoms. The summed E-state index contributed by atoms with van der Waals surface area (Å²) in [6.45, 7) is 10.3. The van der Waals surface area contributed by atoms with Crippen LogP contribution in [0.25, 0.3) is 0 Å². The van der Waals surface area contributed by atoms with Gasteiger partial charge in [-0.05, 0) is 49.6 Å². The minimum absolute atomic E-state index is 0.392. The van der Waals surface area contributed by atoms with E-state index in [1.807, 2.05) is 11.7 Å². The third-order valence-electron chi connectivity index (χ3n) is 4.89. The standard InChI is InChI=1S/C15H27N3/c1-6-8-16-14-9-13(15(14,4)7-2)12-10-18(5)17-11(12)3/h10,13-14,16H,6-9H2,1-5H3. The van der Waals surface area contributed by atoms with Gasteiger partial charge in [-0.1, -0.05) is 20.8 Å². The van der Waals surface area contributed by atoms with Crippen molar-refractivity contribution >= 4 is 0 Å². The minimum Gasteiger partial charge on any atom is -0.313 e. The summed E-state index contributed by atoms with van der Waals surface area (Å²) in [4.78, 5) is 0. The van der Waals surface area contributed by atoms with Crippen LogP contribution in [-0.2, 0) is 7.05 Å².